The van der Waals surface area contributed by atoms with E-state index in [2.05, 4.69) is 209 Å². The number of aromatic nitrogens is 5. The molecule has 3 heterocycles. The first-order valence-corrected chi connectivity index (χ1v) is 19.6. The van der Waals surface area contributed by atoms with E-state index in [9.17, 15) is 0 Å². The van der Waals surface area contributed by atoms with Crippen LogP contribution in [0.5, 0.6) is 0 Å². The average Bonchev–Trinajstić information content (AvgIpc) is 3.79. The van der Waals surface area contributed by atoms with Gasteiger partial charge in [-0.2, -0.15) is 9.97 Å². The third-order valence-corrected chi connectivity index (χ3v) is 11.5. The lowest BCUT2D eigenvalue weighted by atomic mass is 10.0. The van der Waals surface area contributed by atoms with Gasteiger partial charge in [-0.05, 0) is 87.3 Å². The maximum Gasteiger partial charge on any atom is 0.238 e. The number of para-hydroxylation sites is 2. The number of hydrogen-bond donors (Lipinski definition) is 0. The second kappa shape index (κ2) is 12.8. The van der Waals surface area contributed by atoms with Crippen LogP contribution < -0.4 is 0 Å². The Morgan fingerprint density at radius 3 is 1.48 bits per heavy atom. The summed E-state index contributed by atoms with van der Waals surface area (Å²) in [6.45, 7) is 0. The minimum absolute atomic E-state index is 0.565. The molecule has 270 valence electrons. The highest BCUT2D eigenvalue weighted by Crippen LogP contribution is 2.41. The molecular weight excluding hydrogens is 707 g/mol. The number of nitrogens with zero attached hydrogens (tertiary/aromatic N) is 5. The lowest BCUT2D eigenvalue weighted by Gasteiger charge is -2.12. The normalized spacial score (nSPS) is 11.8. The molecule has 0 unspecified atom stereocenters. The topological polar surface area (TPSA) is 48.5 Å². The Hall–Kier alpha value is -7.89. The zero-order valence-corrected chi connectivity index (χ0v) is 31.3. The predicted octanol–water partition coefficient (Wildman–Crippen LogP) is 13.4. The molecule has 0 fully saturated rings. The summed E-state index contributed by atoms with van der Waals surface area (Å²) >= 11 is 0. The number of hydrogen-bond acceptors (Lipinski definition) is 3. The smallest absolute Gasteiger partial charge is 0.238 e. The van der Waals surface area contributed by atoms with Crippen molar-refractivity contribution < 1.29 is 0 Å². The molecule has 0 atom stereocenters. The van der Waals surface area contributed by atoms with Crippen molar-refractivity contribution in [2.75, 3.05) is 0 Å². The molecule has 0 saturated heterocycles. The number of fused-ring (bicyclic) bond motifs is 8. The van der Waals surface area contributed by atoms with E-state index in [-0.39, 0.29) is 0 Å². The molecule has 58 heavy (non-hydrogen) atoms. The molecule has 0 saturated carbocycles. The van der Waals surface area contributed by atoms with E-state index in [0.29, 0.717) is 17.6 Å². The zero-order valence-electron chi connectivity index (χ0n) is 31.3. The summed E-state index contributed by atoms with van der Waals surface area (Å²) in [5.41, 5.74) is 9.63. The van der Waals surface area contributed by atoms with Crippen molar-refractivity contribution in [1.29, 1.82) is 0 Å². The number of benzene rings is 9. The molecule has 3 aromatic heterocycles. The Labute approximate surface area is 333 Å². The van der Waals surface area contributed by atoms with Crippen molar-refractivity contribution in [2.45, 2.75) is 0 Å². The van der Waals surface area contributed by atoms with Crippen LogP contribution in [0.4, 0.5) is 0 Å². The molecule has 5 nitrogen and oxygen atoms in total. The van der Waals surface area contributed by atoms with Crippen LogP contribution in [0.3, 0.4) is 0 Å². The molecule has 12 rings (SSSR count). The average molecular weight is 740 g/mol. The Kier molecular flexibility index (Phi) is 7.16. The minimum atomic E-state index is 0.565. The van der Waals surface area contributed by atoms with Crippen LogP contribution in [0.15, 0.2) is 200 Å². The SMILES string of the molecule is c1ccc(-c2ccc3c(c2)c2cc4c5ccccc5n(-c5ccccc5)c4cc2n3-c2nc(-c3ccc4ccccc4c3)nc(-c3ccc4ccccc4c3)n2)cc1. The summed E-state index contributed by atoms with van der Waals surface area (Å²) in [7, 11) is 0. The summed E-state index contributed by atoms with van der Waals surface area (Å²) in [6.07, 6.45) is 0. The molecule has 0 N–H and O–H groups in total. The van der Waals surface area contributed by atoms with E-state index >= 15 is 0 Å². The van der Waals surface area contributed by atoms with Crippen molar-refractivity contribution >= 4 is 65.2 Å². The maximum absolute atomic E-state index is 5.36. The van der Waals surface area contributed by atoms with Gasteiger partial charge in [0.25, 0.3) is 0 Å². The highest BCUT2D eigenvalue weighted by atomic mass is 15.2. The molecular formula is C53H33N5. The molecule has 0 aliphatic rings. The molecule has 0 amide bonds. The number of rotatable bonds is 5. The molecule has 0 bridgehead atoms. The predicted molar refractivity (Wildman–Crippen MR) is 240 cm³/mol. The van der Waals surface area contributed by atoms with Gasteiger partial charge in [-0.15, -0.1) is 0 Å². The van der Waals surface area contributed by atoms with Crippen LogP contribution in [-0.2, 0) is 0 Å². The van der Waals surface area contributed by atoms with Gasteiger partial charge in [-0.1, -0.05) is 146 Å². The second-order valence-electron chi connectivity index (χ2n) is 14.9. The first kappa shape index (κ1) is 32.4. The molecule has 0 radical (unpaired) electrons. The van der Waals surface area contributed by atoms with Crippen molar-refractivity contribution in [3.05, 3.63) is 200 Å². The van der Waals surface area contributed by atoms with E-state index in [1.54, 1.807) is 0 Å². The fourth-order valence-electron chi connectivity index (χ4n) is 8.74. The van der Waals surface area contributed by atoms with Gasteiger partial charge < -0.3 is 4.57 Å². The zero-order chi connectivity index (χ0) is 38.2. The van der Waals surface area contributed by atoms with Crippen molar-refractivity contribution in [3.8, 4) is 45.5 Å². The van der Waals surface area contributed by atoms with Gasteiger partial charge in [-0.3, -0.25) is 4.57 Å². The lowest BCUT2D eigenvalue weighted by Crippen LogP contribution is -2.06. The van der Waals surface area contributed by atoms with Gasteiger partial charge in [0, 0.05) is 38.4 Å². The maximum atomic E-state index is 5.36. The first-order chi connectivity index (χ1) is 28.7. The van der Waals surface area contributed by atoms with E-state index in [1.807, 2.05) is 0 Å². The van der Waals surface area contributed by atoms with E-state index in [1.165, 1.54) is 27.1 Å². The quantitative estimate of drug-likeness (QED) is 0.177. The summed E-state index contributed by atoms with van der Waals surface area (Å²) in [5.74, 6) is 1.80. The van der Waals surface area contributed by atoms with Crippen molar-refractivity contribution in [1.82, 2.24) is 24.1 Å². The van der Waals surface area contributed by atoms with Gasteiger partial charge in [-0.25, -0.2) is 4.98 Å². The highest BCUT2D eigenvalue weighted by molar-refractivity contribution is 6.19. The van der Waals surface area contributed by atoms with Crippen LogP contribution in [-0.4, -0.2) is 24.1 Å². The van der Waals surface area contributed by atoms with E-state index < -0.39 is 0 Å². The summed E-state index contributed by atoms with van der Waals surface area (Å²) in [6, 6.07) is 71.1. The van der Waals surface area contributed by atoms with Gasteiger partial charge in [0.05, 0.1) is 22.1 Å². The van der Waals surface area contributed by atoms with Crippen LogP contribution in [0.25, 0.3) is 111 Å². The molecule has 0 aliphatic heterocycles. The molecule has 9 aromatic carbocycles. The standard InChI is InChI=1S/C53H33N5/c1-3-13-34(14-4-1)39-27-28-48-44(31-39)46-32-45-43-21-11-12-22-47(43)57(42-19-5-2-6-20-42)49(45)33-50(46)58(48)53-55-51(40-25-23-35-15-7-9-17-37(35)29-40)54-52(56-53)41-26-24-36-16-8-10-18-38(36)30-41/h1-33H. The Balaban J connectivity index is 1.19. The first-order valence-electron chi connectivity index (χ1n) is 19.6. The Morgan fingerprint density at radius 2 is 0.793 bits per heavy atom. The van der Waals surface area contributed by atoms with Crippen LogP contribution in [0.2, 0.25) is 0 Å². The van der Waals surface area contributed by atoms with Gasteiger partial charge in [0.1, 0.15) is 0 Å². The molecule has 12 aromatic rings. The molecule has 5 heteroatoms. The Morgan fingerprint density at radius 1 is 0.276 bits per heavy atom. The lowest BCUT2D eigenvalue weighted by molar-refractivity contribution is 0.954. The van der Waals surface area contributed by atoms with Gasteiger partial charge in [0.15, 0.2) is 11.6 Å². The van der Waals surface area contributed by atoms with Crippen LogP contribution in [0.1, 0.15) is 0 Å². The minimum Gasteiger partial charge on any atom is -0.309 e. The third kappa shape index (κ3) is 5.14. The highest BCUT2D eigenvalue weighted by Gasteiger charge is 2.22. The molecule has 0 spiro atoms. The monoisotopic (exact) mass is 739 g/mol. The largest absolute Gasteiger partial charge is 0.309 e. The van der Waals surface area contributed by atoms with Gasteiger partial charge in [0.2, 0.25) is 5.95 Å². The summed E-state index contributed by atoms with van der Waals surface area (Å²) in [5, 5.41) is 9.29. The van der Waals surface area contributed by atoms with E-state index in [4.69, 9.17) is 15.0 Å². The van der Waals surface area contributed by atoms with Crippen molar-refractivity contribution in [2.24, 2.45) is 0 Å². The molecule has 0 aliphatic carbocycles. The fraction of sp³-hybridized carbons (Fsp3) is 0. The summed E-state index contributed by atoms with van der Waals surface area (Å²) in [4.78, 5) is 15.9. The third-order valence-electron chi connectivity index (χ3n) is 11.5. The fourth-order valence-corrected chi connectivity index (χ4v) is 8.74. The summed E-state index contributed by atoms with van der Waals surface area (Å²) < 4.78 is 4.61. The van der Waals surface area contributed by atoms with Gasteiger partial charge >= 0.3 is 0 Å². The second-order valence-corrected chi connectivity index (χ2v) is 14.9. The van der Waals surface area contributed by atoms with Crippen LogP contribution >= 0.6 is 0 Å². The van der Waals surface area contributed by atoms with Crippen molar-refractivity contribution in [3.63, 3.8) is 0 Å². The van der Waals surface area contributed by atoms with E-state index in [0.717, 1.165) is 66.0 Å². The Bertz CT molecular complexity index is 3470. The van der Waals surface area contributed by atoms with Crippen LogP contribution in [0, 0.1) is 0 Å².